The van der Waals surface area contributed by atoms with Crippen molar-refractivity contribution >= 4 is 27.0 Å². The van der Waals surface area contributed by atoms with Crippen molar-refractivity contribution in [2.24, 2.45) is 7.05 Å². The zero-order valence-electron chi connectivity index (χ0n) is 14.6. The van der Waals surface area contributed by atoms with Crippen molar-refractivity contribution in [2.75, 3.05) is 6.26 Å². The SMILES string of the molecule is CCC1(C)OC(c2ccc(S(C)(=O)=O)cc2)=C(c2cnn(C)c2)C1=O. The number of benzene rings is 1. The molecule has 0 saturated carbocycles. The van der Waals surface area contributed by atoms with Crippen LogP contribution in [-0.4, -0.2) is 35.8 Å². The van der Waals surface area contributed by atoms with Gasteiger partial charge < -0.3 is 4.74 Å². The summed E-state index contributed by atoms with van der Waals surface area (Å²) in [5.41, 5.74) is 0.893. The first-order valence-electron chi connectivity index (χ1n) is 7.93. The van der Waals surface area contributed by atoms with Gasteiger partial charge in [-0.25, -0.2) is 8.42 Å². The molecule has 0 fully saturated rings. The Morgan fingerprint density at radius 2 is 1.84 bits per heavy atom. The standard InChI is InChI=1S/C18H20N2O4S/c1-5-18(2)17(21)15(13-10-19-20(3)11-13)16(24-18)12-6-8-14(9-7-12)25(4,22)23/h6-11H,5H2,1-4H3. The number of rotatable bonds is 4. The van der Waals surface area contributed by atoms with Crippen LogP contribution >= 0.6 is 0 Å². The summed E-state index contributed by atoms with van der Waals surface area (Å²) in [5.74, 6) is 0.368. The molecule has 0 radical (unpaired) electrons. The molecule has 0 spiro atoms. The number of ether oxygens (including phenoxy) is 1. The highest BCUT2D eigenvalue weighted by Crippen LogP contribution is 2.42. The van der Waals surface area contributed by atoms with Crippen molar-refractivity contribution in [2.45, 2.75) is 30.8 Å². The molecular formula is C18H20N2O4S. The van der Waals surface area contributed by atoms with Gasteiger partial charge in [-0.15, -0.1) is 0 Å². The number of ketones is 1. The topological polar surface area (TPSA) is 78.3 Å². The van der Waals surface area contributed by atoms with Gasteiger partial charge in [-0.05, 0) is 37.6 Å². The highest BCUT2D eigenvalue weighted by atomic mass is 32.2. The van der Waals surface area contributed by atoms with Crippen LogP contribution in [-0.2, 0) is 26.4 Å². The van der Waals surface area contributed by atoms with Crippen LogP contribution in [0.2, 0.25) is 0 Å². The Kier molecular flexibility index (Phi) is 4.07. The maximum atomic E-state index is 13.0. The molecule has 0 amide bonds. The molecule has 1 aliphatic heterocycles. The highest BCUT2D eigenvalue weighted by Gasteiger charge is 2.45. The van der Waals surface area contributed by atoms with Gasteiger partial charge in [-0.3, -0.25) is 9.48 Å². The molecule has 132 valence electrons. The Morgan fingerprint density at radius 1 is 1.20 bits per heavy atom. The third kappa shape index (κ3) is 3.00. The van der Waals surface area contributed by atoms with Gasteiger partial charge in [0.2, 0.25) is 5.78 Å². The molecule has 1 unspecified atom stereocenters. The van der Waals surface area contributed by atoms with Crippen LogP contribution in [0.25, 0.3) is 11.3 Å². The zero-order chi connectivity index (χ0) is 18.4. The number of aromatic nitrogens is 2. The fraction of sp³-hybridized carbons (Fsp3) is 0.333. The van der Waals surface area contributed by atoms with Gasteiger partial charge in [0.25, 0.3) is 0 Å². The summed E-state index contributed by atoms with van der Waals surface area (Å²) >= 11 is 0. The summed E-state index contributed by atoms with van der Waals surface area (Å²) in [6.45, 7) is 3.66. The molecule has 1 atom stereocenters. The Hall–Kier alpha value is -2.41. The molecule has 25 heavy (non-hydrogen) atoms. The lowest BCUT2D eigenvalue weighted by Gasteiger charge is -2.21. The Morgan fingerprint density at radius 3 is 2.32 bits per heavy atom. The minimum atomic E-state index is -3.28. The molecule has 3 rings (SSSR count). The summed E-state index contributed by atoms with van der Waals surface area (Å²) in [6, 6.07) is 6.37. The number of hydrogen-bond acceptors (Lipinski definition) is 5. The van der Waals surface area contributed by atoms with Crippen LogP contribution < -0.4 is 0 Å². The van der Waals surface area contributed by atoms with Crippen molar-refractivity contribution in [3.63, 3.8) is 0 Å². The van der Waals surface area contributed by atoms with Crippen LogP contribution in [0.4, 0.5) is 0 Å². The minimum Gasteiger partial charge on any atom is -0.478 e. The summed E-state index contributed by atoms with van der Waals surface area (Å²) < 4.78 is 31.0. The van der Waals surface area contributed by atoms with E-state index >= 15 is 0 Å². The number of nitrogens with zero attached hydrogens (tertiary/aromatic N) is 2. The van der Waals surface area contributed by atoms with E-state index < -0.39 is 15.4 Å². The molecule has 7 heteroatoms. The van der Waals surface area contributed by atoms with E-state index in [1.54, 1.807) is 43.2 Å². The molecule has 0 saturated heterocycles. The fourth-order valence-electron chi connectivity index (χ4n) is 2.79. The molecular weight excluding hydrogens is 340 g/mol. The van der Waals surface area contributed by atoms with Crippen molar-refractivity contribution in [3.05, 3.63) is 47.8 Å². The van der Waals surface area contributed by atoms with Crippen LogP contribution in [0.15, 0.2) is 41.6 Å². The van der Waals surface area contributed by atoms with E-state index in [9.17, 15) is 13.2 Å². The van der Waals surface area contributed by atoms with E-state index in [4.69, 9.17) is 4.74 Å². The first kappa shape index (κ1) is 17.4. The average Bonchev–Trinajstić information content (AvgIpc) is 3.09. The lowest BCUT2D eigenvalue weighted by molar-refractivity contribution is -0.126. The Balaban J connectivity index is 2.15. The summed E-state index contributed by atoms with van der Waals surface area (Å²) in [6.07, 6.45) is 5.08. The van der Waals surface area contributed by atoms with Gasteiger partial charge in [0, 0.05) is 30.6 Å². The molecule has 2 heterocycles. The second kappa shape index (κ2) is 5.84. The van der Waals surface area contributed by atoms with Crippen molar-refractivity contribution in [1.82, 2.24) is 9.78 Å². The monoisotopic (exact) mass is 360 g/mol. The number of carbonyl (C=O) groups excluding carboxylic acids is 1. The molecule has 1 aromatic heterocycles. The number of Topliss-reactive ketones (excluding diaryl/α,β-unsaturated/α-hetero) is 1. The van der Waals surface area contributed by atoms with Gasteiger partial charge in [-0.2, -0.15) is 5.10 Å². The number of aryl methyl sites for hydroxylation is 1. The summed E-state index contributed by atoms with van der Waals surface area (Å²) in [7, 11) is -1.50. The Bertz CT molecular complexity index is 971. The maximum absolute atomic E-state index is 13.0. The molecule has 6 nitrogen and oxygen atoms in total. The molecule has 1 aliphatic rings. The number of carbonyl (C=O) groups is 1. The smallest absolute Gasteiger partial charge is 0.210 e. The second-order valence-electron chi connectivity index (χ2n) is 6.42. The predicted octanol–water partition coefficient (Wildman–Crippen LogP) is 2.46. The second-order valence-corrected chi connectivity index (χ2v) is 8.43. The average molecular weight is 360 g/mol. The normalized spacial score (nSPS) is 20.9. The molecule has 0 aliphatic carbocycles. The van der Waals surface area contributed by atoms with Crippen LogP contribution in [0, 0.1) is 0 Å². The highest BCUT2D eigenvalue weighted by molar-refractivity contribution is 7.90. The van der Waals surface area contributed by atoms with Crippen molar-refractivity contribution in [1.29, 1.82) is 0 Å². The van der Waals surface area contributed by atoms with E-state index in [2.05, 4.69) is 5.10 Å². The van der Waals surface area contributed by atoms with Crippen LogP contribution in [0.5, 0.6) is 0 Å². The lowest BCUT2D eigenvalue weighted by Crippen LogP contribution is -2.32. The number of hydrogen-bond donors (Lipinski definition) is 0. The molecule has 0 N–H and O–H groups in total. The van der Waals surface area contributed by atoms with E-state index in [1.807, 2.05) is 6.92 Å². The quantitative estimate of drug-likeness (QED) is 0.837. The first-order valence-corrected chi connectivity index (χ1v) is 9.82. The predicted molar refractivity (Wildman–Crippen MR) is 94.4 cm³/mol. The number of sulfone groups is 1. The first-order chi connectivity index (χ1) is 11.7. The molecule has 2 aromatic rings. The van der Waals surface area contributed by atoms with E-state index in [1.165, 1.54) is 12.1 Å². The maximum Gasteiger partial charge on any atom is 0.210 e. The third-order valence-electron chi connectivity index (χ3n) is 4.47. The van der Waals surface area contributed by atoms with E-state index in [-0.39, 0.29) is 10.7 Å². The van der Waals surface area contributed by atoms with Gasteiger partial charge in [0.05, 0.1) is 16.7 Å². The summed E-state index contributed by atoms with van der Waals surface area (Å²) in [5, 5.41) is 4.14. The summed E-state index contributed by atoms with van der Waals surface area (Å²) in [4.78, 5) is 13.2. The van der Waals surface area contributed by atoms with Gasteiger partial charge in [0.15, 0.2) is 15.4 Å². The van der Waals surface area contributed by atoms with E-state index in [0.717, 1.165) is 6.26 Å². The molecule has 0 bridgehead atoms. The van der Waals surface area contributed by atoms with Gasteiger partial charge >= 0.3 is 0 Å². The van der Waals surface area contributed by atoms with Crippen molar-refractivity contribution < 1.29 is 17.9 Å². The van der Waals surface area contributed by atoms with Gasteiger partial charge in [-0.1, -0.05) is 6.92 Å². The zero-order valence-corrected chi connectivity index (χ0v) is 15.4. The van der Waals surface area contributed by atoms with Gasteiger partial charge in [0.1, 0.15) is 5.76 Å². The van der Waals surface area contributed by atoms with E-state index in [0.29, 0.717) is 28.9 Å². The lowest BCUT2D eigenvalue weighted by atomic mass is 9.91. The van der Waals surface area contributed by atoms with Crippen LogP contribution in [0.1, 0.15) is 31.4 Å². The minimum absolute atomic E-state index is 0.0924. The van der Waals surface area contributed by atoms with Crippen LogP contribution in [0.3, 0.4) is 0 Å². The van der Waals surface area contributed by atoms with Crippen molar-refractivity contribution in [3.8, 4) is 0 Å². The molecule has 1 aromatic carbocycles. The fourth-order valence-corrected chi connectivity index (χ4v) is 3.42. The third-order valence-corrected chi connectivity index (χ3v) is 5.60. The Labute approximate surface area is 147 Å². The largest absolute Gasteiger partial charge is 0.478 e.